The molecule has 14 heavy (non-hydrogen) atoms. The maximum Gasteiger partial charge on any atom is 0.0410 e. The minimum absolute atomic E-state index is 0.0500. The molecule has 78 valence electrons. The predicted molar refractivity (Wildman–Crippen MR) is 65.2 cm³/mol. The Bertz CT molecular complexity index is 300. The summed E-state index contributed by atoms with van der Waals surface area (Å²) in [7, 11) is 0. The number of nitrogens with zero attached hydrogens (tertiary/aromatic N) is 1. The Morgan fingerprint density at radius 1 is 1.36 bits per heavy atom. The highest BCUT2D eigenvalue weighted by Gasteiger charge is 2.22. The van der Waals surface area contributed by atoms with Gasteiger partial charge in [-0.1, -0.05) is 6.92 Å². The van der Waals surface area contributed by atoms with E-state index in [2.05, 4.69) is 27.8 Å². The number of halogens is 3. The van der Waals surface area contributed by atoms with E-state index in [1.807, 2.05) is 12.3 Å². The van der Waals surface area contributed by atoms with Gasteiger partial charge in [0.2, 0.25) is 0 Å². The Morgan fingerprint density at radius 2 is 2.00 bits per heavy atom. The molecule has 1 heterocycles. The fourth-order valence-corrected chi connectivity index (χ4v) is 2.06. The first-order valence-corrected chi connectivity index (χ1v) is 6.17. The summed E-state index contributed by atoms with van der Waals surface area (Å²) in [6, 6.07) is 2.05. The van der Waals surface area contributed by atoms with Crippen molar-refractivity contribution in [1.29, 1.82) is 0 Å². The molecule has 1 aromatic rings. The average molecular weight is 297 g/mol. The molecule has 0 amide bonds. The highest BCUT2D eigenvalue weighted by Crippen LogP contribution is 2.26. The van der Waals surface area contributed by atoms with E-state index in [0.717, 1.165) is 16.5 Å². The second-order valence-corrected chi connectivity index (χ2v) is 5.22. The third-order valence-electron chi connectivity index (χ3n) is 2.04. The Kier molecular flexibility index (Phi) is 4.68. The number of hydrogen-bond donors (Lipinski definition) is 0. The first kappa shape index (κ1) is 12.3. The van der Waals surface area contributed by atoms with Gasteiger partial charge in [0.05, 0.1) is 0 Å². The molecule has 1 nitrogen and oxygen atoms in total. The molecule has 0 N–H and O–H groups in total. The molecule has 0 aromatic carbocycles. The van der Waals surface area contributed by atoms with E-state index in [0.29, 0.717) is 11.8 Å². The molecule has 0 saturated heterocycles. The largest absolute Gasteiger partial charge is 0.263 e. The zero-order valence-corrected chi connectivity index (χ0v) is 11.0. The van der Waals surface area contributed by atoms with Gasteiger partial charge in [-0.3, -0.25) is 4.98 Å². The molecular weight excluding hydrogens is 285 g/mol. The Labute approximate surface area is 103 Å². The van der Waals surface area contributed by atoms with Crippen LogP contribution < -0.4 is 0 Å². The lowest BCUT2D eigenvalue weighted by Gasteiger charge is -2.23. The Morgan fingerprint density at radius 3 is 2.50 bits per heavy atom. The van der Waals surface area contributed by atoms with Crippen LogP contribution in [0.2, 0.25) is 0 Å². The predicted octanol–water partition coefficient (Wildman–Crippen LogP) is 3.87. The van der Waals surface area contributed by atoms with Crippen LogP contribution >= 0.6 is 39.1 Å². The molecule has 1 aromatic heterocycles. The monoisotopic (exact) mass is 295 g/mol. The van der Waals surface area contributed by atoms with Crippen molar-refractivity contribution in [1.82, 2.24) is 4.98 Å². The van der Waals surface area contributed by atoms with Gasteiger partial charge < -0.3 is 0 Å². The summed E-state index contributed by atoms with van der Waals surface area (Å²) in [5, 5.41) is 0. The maximum absolute atomic E-state index is 5.88. The van der Waals surface area contributed by atoms with Gasteiger partial charge in [0.1, 0.15) is 0 Å². The molecular formula is C10H12BrCl2N. The van der Waals surface area contributed by atoms with E-state index >= 15 is 0 Å². The van der Waals surface area contributed by atoms with Gasteiger partial charge in [-0.25, -0.2) is 0 Å². The van der Waals surface area contributed by atoms with E-state index < -0.39 is 0 Å². The van der Waals surface area contributed by atoms with Crippen LogP contribution in [0.15, 0.2) is 22.9 Å². The molecule has 0 fully saturated rings. The summed E-state index contributed by atoms with van der Waals surface area (Å²) in [5.74, 6) is 1.12. The van der Waals surface area contributed by atoms with Crippen molar-refractivity contribution < 1.29 is 0 Å². The topological polar surface area (TPSA) is 12.9 Å². The van der Waals surface area contributed by atoms with Crippen LogP contribution in [0.4, 0.5) is 0 Å². The SMILES string of the molecule is CC(CCl)(CCl)Cc1cncc(Br)c1. The van der Waals surface area contributed by atoms with Gasteiger partial charge in [0.15, 0.2) is 0 Å². The lowest BCUT2D eigenvalue weighted by molar-refractivity contribution is 0.424. The normalized spacial score (nSPS) is 11.7. The second kappa shape index (κ2) is 5.34. The lowest BCUT2D eigenvalue weighted by atomic mass is 9.88. The number of pyridine rings is 1. The average Bonchev–Trinajstić information content (AvgIpc) is 2.18. The standard InChI is InChI=1S/C10H12BrCl2N/c1-10(6-12,7-13)3-8-2-9(11)5-14-4-8/h2,4-5H,3,6-7H2,1H3. The first-order chi connectivity index (χ1) is 6.59. The van der Waals surface area contributed by atoms with Crippen LogP contribution in [0.25, 0.3) is 0 Å². The molecule has 1 rings (SSSR count). The Balaban J connectivity index is 2.77. The molecule has 0 bridgehead atoms. The van der Waals surface area contributed by atoms with Crippen LogP contribution in [0, 0.1) is 5.41 Å². The minimum Gasteiger partial charge on any atom is -0.263 e. The van der Waals surface area contributed by atoms with Crippen molar-refractivity contribution >= 4 is 39.1 Å². The van der Waals surface area contributed by atoms with Gasteiger partial charge >= 0.3 is 0 Å². The van der Waals surface area contributed by atoms with Crippen molar-refractivity contribution in [2.24, 2.45) is 5.41 Å². The quantitative estimate of drug-likeness (QED) is 0.769. The number of alkyl halides is 2. The van der Waals surface area contributed by atoms with Crippen molar-refractivity contribution in [3.05, 3.63) is 28.5 Å². The van der Waals surface area contributed by atoms with Gasteiger partial charge in [-0.05, 0) is 39.4 Å². The highest BCUT2D eigenvalue weighted by atomic mass is 79.9. The van der Waals surface area contributed by atoms with E-state index in [9.17, 15) is 0 Å². The van der Waals surface area contributed by atoms with Crippen LogP contribution in [-0.2, 0) is 6.42 Å². The maximum atomic E-state index is 5.88. The first-order valence-electron chi connectivity index (χ1n) is 4.31. The van der Waals surface area contributed by atoms with Gasteiger partial charge in [0.25, 0.3) is 0 Å². The van der Waals surface area contributed by atoms with Gasteiger partial charge in [0, 0.05) is 28.6 Å². The third kappa shape index (κ3) is 3.41. The smallest absolute Gasteiger partial charge is 0.0410 e. The van der Waals surface area contributed by atoms with Crippen molar-refractivity contribution in [3.8, 4) is 0 Å². The summed E-state index contributed by atoms with van der Waals surface area (Å²) >= 11 is 15.1. The number of hydrogen-bond acceptors (Lipinski definition) is 1. The molecule has 0 aliphatic carbocycles. The third-order valence-corrected chi connectivity index (χ3v) is 3.76. The minimum atomic E-state index is -0.0500. The fourth-order valence-electron chi connectivity index (χ4n) is 1.18. The molecule has 0 unspecified atom stereocenters. The van der Waals surface area contributed by atoms with Crippen molar-refractivity contribution in [2.45, 2.75) is 13.3 Å². The second-order valence-electron chi connectivity index (χ2n) is 3.77. The molecule has 0 radical (unpaired) electrons. The highest BCUT2D eigenvalue weighted by molar-refractivity contribution is 9.10. The Hall–Kier alpha value is 0.210. The fraction of sp³-hybridized carbons (Fsp3) is 0.500. The molecule has 0 aliphatic heterocycles. The van der Waals surface area contributed by atoms with E-state index in [1.54, 1.807) is 6.20 Å². The molecule has 4 heteroatoms. The molecule has 0 aliphatic rings. The molecule has 0 spiro atoms. The van der Waals surface area contributed by atoms with Crippen molar-refractivity contribution in [2.75, 3.05) is 11.8 Å². The van der Waals surface area contributed by atoms with E-state index in [4.69, 9.17) is 23.2 Å². The summed E-state index contributed by atoms with van der Waals surface area (Å²) in [5.41, 5.74) is 1.11. The van der Waals surface area contributed by atoms with Crippen LogP contribution in [0.1, 0.15) is 12.5 Å². The van der Waals surface area contributed by atoms with Crippen LogP contribution in [0.5, 0.6) is 0 Å². The number of rotatable bonds is 4. The zero-order valence-electron chi connectivity index (χ0n) is 7.93. The van der Waals surface area contributed by atoms with E-state index in [1.165, 1.54) is 0 Å². The van der Waals surface area contributed by atoms with Crippen LogP contribution in [0.3, 0.4) is 0 Å². The lowest BCUT2D eigenvalue weighted by Crippen LogP contribution is -2.23. The molecule has 0 atom stereocenters. The van der Waals surface area contributed by atoms with Gasteiger partial charge in [-0.2, -0.15) is 0 Å². The summed E-state index contributed by atoms with van der Waals surface area (Å²) in [6.07, 6.45) is 4.47. The molecule has 0 saturated carbocycles. The summed E-state index contributed by atoms with van der Waals surface area (Å²) in [4.78, 5) is 4.10. The van der Waals surface area contributed by atoms with E-state index in [-0.39, 0.29) is 5.41 Å². The summed E-state index contributed by atoms with van der Waals surface area (Å²) < 4.78 is 0.987. The zero-order chi connectivity index (χ0) is 10.6. The van der Waals surface area contributed by atoms with Crippen LogP contribution in [-0.4, -0.2) is 16.7 Å². The van der Waals surface area contributed by atoms with Gasteiger partial charge in [-0.15, -0.1) is 23.2 Å². The number of aromatic nitrogens is 1. The summed E-state index contributed by atoms with van der Waals surface area (Å²) in [6.45, 7) is 2.08. The van der Waals surface area contributed by atoms with Crippen molar-refractivity contribution in [3.63, 3.8) is 0 Å².